The molecule has 1 aliphatic heterocycles. The highest BCUT2D eigenvalue weighted by Gasteiger charge is 2.27. The molecule has 0 unspecified atom stereocenters. The number of carboxylic acid groups (broad SMARTS) is 1. The Kier molecular flexibility index (Phi) is 10.8. The number of hydrogen-bond acceptors (Lipinski definition) is 7. The first-order chi connectivity index (χ1) is 22.6. The SMILES string of the molecule is Cc1c(Cl)cccc1OCCOC(=O)N1CCCOc2c(-c3cnn(Cc4cc(C(=O)NCCC(=O)O)ccc4Cl)c3)cc(F)cc21. The fourth-order valence-electron chi connectivity index (χ4n) is 4.94. The molecule has 0 saturated carbocycles. The summed E-state index contributed by atoms with van der Waals surface area (Å²) < 4.78 is 33.8. The molecule has 11 nitrogen and oxygen atoms in total. The summed E-state index contributed by atoms with van der Waals surface area (Å²) in [7, 11) is 0. The monoisotopic (exact) mass is 684 g/mol. The number of halogens is 3. The molecule has 0 spiro atoms. The lowest BCUT2D eigenvalue weighted by Gasteiger charge is -2.22. The summed E-state index contributed by atoms with van der Waals surface area (Å²) in [5, 5.41) is 16.7. The molecule has 47 heavy (non-hydrogen) atoms. The number of carboxylic acids is 1. The standard InChI is InChI=1S/C33H31Cl2FN4O7/c1-20-26(34)4-2-5-29(20)45-12-13-47-33(44)40-10-3-11-46-31-25(15-24(36)16-28(31)40)23-17-38-39(19-23)18-22-14-21(6-7-27(22)35)32(43)37-9-8-30(41)42/h2,4-7,14-17,19H,3,8-13,18H2,1H3,(H,37,43)(H,41,42). The maximum absolute atomic E-state index is 15.1. The molecular weight excluding hydrogens is 654 g/mol. The molecule has 1 aliphatic rings. The van der Waals surface area contributed by atoms with Gasteiger partial charge in [-0.05, 0) is 55.3 Å². The smallest absolute Gasteiger partial charge is 0.414 e. The number of aliphatic carboxylic acids is 1. The number of anilines is 1. The first-order valence-electron chi connectivity index (χ1n) is 14.7. The second kappa shape index (κ2) is 15.2. The van der Waals surface area contributed by atoms with Crippen LogP contribution in [0, 0.1) is 12.7 Å². The zero-order valence-electron chi connectivity index (χ0n) is 25.3. The molecule has 2 N–H and O–H groups in total. The van der Waals surface area contributed by atoms with Crippen LogP contribution in [0.2, 0.25) is 10.0 Å². The Labute approximate surface area is 279 Å². The molecule has 4 aromatic rings. The molecular formula is C33H31Cl2FN4O7. The van der Waals surface area contributed by atoms with Crippen LogP contribution in [-0.2, 0) is 16.1 Å². The molecule has 0 fully saturated rings. The number of nitrogens with one attached hydrogen (secondary N) is 1. The van der Waals surface area contributed by atoms with Crippen molar-refractivity contribution in [2.75, 3.05) is 37.8 Å². The number of hydrogen-bond donors (Lipinski definition) is 2. The number of fused-ring (bicyclic) bond motifs is 1. The normalized spacial score (nSPS) is 12.5. The molecule has 0 bridgehead atoms. The van der Waals surface area contributed by atoms with Crippen molar-refractivity contribution < 1.29 is 38.1 Å². The van der Waals surface area contributed by atoms with Crippen LogP contribution in [0.4, 0.5) is 14.9 Å². The number of ether oxygens (including phenoxy) is 3. The molecule has 0 saturated heterocycles. The van der Waals surface area contributed by atoms with E-state index in [-0.39, 0.29) is 51.6 Å². The van der Waals surface area contributed by atoms with E-state index in [2.05, 4.69) is 10.4 Å². The van der Waals surface area contributed by atoms with Crippen molar-refractivity contribution in [3.63, 3.8) is 0 Å². The van der Waals surface area contributed by atoms with Gasteiger partial charge in [0.1, 0.15) is 24.8 Å². The minimum Gasteiger partial charge on any atom is -0.491 e. The van der Waals surface area contributed by atoms with Gasteiger partial charge in [0.25, 0.3) is 5.91 Å². The number of aromatic nitrogens is 2. The molecule has 14 heteroatoms. The van der Waals surface area contributed by atoms with Gasteiger partial charge in [0.15, 0.2) is 5.75 Å². The first kappa shape index (κ1) is 33.6. The van der Waals surface area contributed by atoms with Crippen LogP contribution in [0.1, 0.15) is 34.3 Å². The van der Waals surface area contributed by atoms with Crippen molar-refractivity contribution >= 4 is 46.9 Å². The highest BCUT2D eigenvalue weighted by molar-refractivity contribution is 6.31. The first-order valence-corrected chi connectivity index (χ1v) is 15.5. The summed E-state index contributed by atoms with van der Waals surface area (Å²) in [5.74, 6) is -1.14. The van der Waals surface area contributed by atoms with Gasteiger partial charge in [-0.15, -0.1) is 0 Å². The minimum atomic E-state index is -1.02. The minimum absolute atomic E-state index is 0.0120. The van der Waals surface area contributed by atoms with Crippen LogP contribution < -0.4 is 19.7 Å². The van der Waals surface area contributed by atoms with E-state index in [1.54, 1.807) is 47.3 Å². The second-order valence-electron chi connectivity index (χ2n) is 10.6. The third kappa shape index (κ3) is 8.32. The zero-order valence-corrected chi connectivity index (χ0v) is 26.8. The van der Waals surface area contributed by atoms with Gasteiger partial charge in [-0.2, -0.15) is 5.10 Å². The molecule has 5 rings (SSSR count). The number of benzene rings is 3. The quantitative estimate of drug-likeness (QED) is 0.174. The highest BCUT2D eigenvalue weighted by atomic mass is 35.5. The van der Waals surface area contributed by atoms with Crippen molar-refractivity contribution in [1.29, 1.82) is 0 Å². The van der Waals surface area contributed by atoms with E-state index in [1.165, 1.54) is 23.2 Å². The molecule has 0 atom stereocenters. The van der Waals surface area contributed by atoms with E-state index in [4.69, 9.17) is 42.5 Å². The zero-order chi connectivity index (χ0) is 33.5. The van der Waals surface area contributed by atoms with Crippen LogP contribution in [0.25, 0.3) is 11.1 Å². The Balaban J connectivity index is 1.30. The molecule has 3 aromatic carbocycles. The fraction of sp³-hybridized carbons (Fsp3) is 0.273. The van der Waals surface area contributed by atoms with Crippen LogP contribution in [0.15, 0.2) is 60.9 Å². The van der Waals surface area contributed by atoms with Gasteiger partial charge in [-0.25, -0.2) is 9.18 Å². The summed E-state index contributed by atoms with van der Waals surface area (Å²) in [6, 6.07) is 12.6. The third-order valence-electron chi connectivity index (χ3n) is 7.31. The lowest BCUT2D eigenvalue weighted by Crippen LogP contribution is -2.33. The number of carbonyl (C=O) groups excluding carboxylic acids is 2. The topological polar surface area (TPSA) is 132 Å². The van der Waals surface area contributed by atoms with Crippen molar-refractivity contribution in [1.82, 2.24) is 15.1 Å². The molecule has 1 aromatic heterocycles. The predicted octanol–water partition coefficient (Wildman–Crippen LogP) is 6.36. The van der Waals surface area contributed by atoms with Gasteiger partial charge in [0.2, 0.25) is 0 Å². The summed E-state index contributed by atoms with van der Waals surface area (Å²) in [6.45, 7) is 2.60. The Morgan fingerprint density at radius 1 is 1.11 bits per heavy atom. The average molecular weight is 686 g/mol. The number of carbonyl (C=O) groups is 3. The highest BCUT2D eigenvalue weighted by Crippen LogP contribution is 2.41. The molecule has 0 radical (unpaired) electrons. The van der Waals surface area contributed by atoms with Gasteiger partial charge in [0.05, 0.1) is 31.5 Å². The maximum atomic E-state index is 15.1. The van der Waals surface area contributed by atoms with Crippen molar-refractivity contribution in [3.8, 4) is 22.6 Å². The second-order valence-corrected chi connectivity index (χ2v) is 11.4. The lowest BCUT2D eigenvalue weighted by molar-refractivity contribution is -0.136. The number of nitrogens with zero attached hydrogens (tertiary/aromatic N) is 3. The summed E-state index contributed by atoms with van der Waals surface area (Å²) in [5.41, 5.74) is 2.82. The van der Waals surface area contributed by atoms with Gasteiger partial charge in [-0.3, -0.25) is 19.2 Å². The van der Waals surface area contributed by atoms with Gasteiger partial charge in [-0.1, -0.05) is 29.3 Å². The van der Waals surface area contributed by atoms with Crippen LogP contribution in [-0.4, -0.2) is 65.8 Å². The average Bonchev–Trinajstić information content (AvgIpc) is 3.40. The third-order valence-corrected chi connectivity index (χ3v) is 8.09. The van der Waals surface area contributed by atoms with Crippen LogP contribution >= 0.6 is 23.2 Å². The molecule has 2 heterocycles. The van der Waals surface area contributed by atoms with E-state index >= 15 is 4.39 Å². The predicted molar refractivity (Wildman–Crippen MR) is 173 cm³/mol. The fourth-order valence-corrected chi connectivity index (χ4v) is 5.28. The number of amides is 2. The van der Waals surface area contributed by atoms with E-state index in [0.29, 0.717) is 50.2 Å². The Morgan fingerprint density at radius 2 is 1.94 bits per heavy atom. The molecule has 2 amide bonds. The van der Waals surface area contributed by atoms with Crippen LogP contribution in [0.3, 0.4) is 0 Å². The van der Waals surface area contributed by atoms with Gasteiger partial charge in [0, 0.05) is 57.7 Å². The van der Waals surface area contributed by atoms with E-state index in [0.717, 1.165) is 5.56 Å². The van der Waals surface area contributed by atoms with Crippen molar-refractivity contribution in [2.24, 2.45) is 0 Å². The summed E-state index contributed by atoms with van der Waals surface area (Å²) in [6.07, 6.45) is 2.83. The van der Waals surface area contributed by atoms with Gasteiger partial charge < -0.3 is 24.6 Å². The number of rotatable bonds is 11. The summed E-state index contributed by atoms with van der Waals surface area (Å²) >= 11 is 12.5. The summed E-state index contributed by atoms with van der Waals surface area (Å²) in [4.78, 5) is 37.8. The van der Waals surface area contributed by atoms with E-state index in [1.807, 2.05) is 6.92 Å². The molecule has 0 aliphatic carbocycles. The van der Waals surface area contributed by atoms with Crippen molar-refractivity contribution in [3.05, 3.63) is 93.5 Å². The lowest BCUT2D eigenvalue weighted by atomic mass is 10.1. The maximum Gasteiger partial charge on any atom is 0.414 e. The van der Waals surface area contributed by atoms with E-state index < -0.39 is 23.8 Å². The largest absolute Gasteiger partial charge is 0.491 e. The Bertz CT molecular complexity index is 1800. The molecule has 246 valence electrons. The van der Waals surface area contributed by atoms with Crippen LogP contribution in [0.5, 0.6) is 11.5 Å². The van der Waals surface area contributed by atoms with Crippen molar-refractivity contribution in [2.45, 2.75) is 26.3 Å². The van der Waals surface area contributed by atoms with E-state index in [9.17, 15) is 14.4 Å². The Hall–Kier alpha value is -4.81. The van der Waals surface area contributed by atoms with Gasteiger partial charge >= 0.3 is 12.1 Å². The Morgan fingerprint density at radius 3 is 2.74 bits per heavy atom.